The smallest absolute Gasteiger partial charge is 0.176 e. The second kappa shape index (κ2) is 5.09. The summed E-state index contributed by atoms with van der Waals surface area (Å²) in [6.45, 7) is 0.567. The van der Waals surface area contributed by atoms with E-state index in [1.54, 1.807) is 24.3 Å². The van der Waals surface area contributed by atoms with Crippen LogP contribution >= 0.6 is 0 Å². The summed E-state index contributed by atoms with van der Waals surface area (Å²) in [6.07, 6.45) is 5.63. The van der Waals surface area contributed by atoms with Gasteiger partial charge in [-0.05, 0) is 24.6 Å². The first kappa shape index (κ1) is 11.9. The normalized spacial score (nSPS) is 12.1. The fourth-order valence-electron chi connectivity index (χ4n) is 1.26. The van der Waals surface area contributed by atoms with Gasteiger partial charge in [-0.1, -0.05) is 30.4 Å². The molecule has 0 radical (unpaired) electrons. The molecule has 1 aromatic carbocycles. The Morgan fingerprint density at radius 3 is 2.60 bits per heavy atom. The van der Waals surface area contributed by atoms with Crippen LogP contribution in [0, 0.1) is 0 Å². The van der Waals surface area contributed by atoms with Crippen molar-refractivity contribution in [2.45, 2.75) is 11.3 Å². The lowest BCUT2D eigenvalue weighted by molar-refractivity contribution is 0.601. The first-order valence-electron chi connectivity index (χ1n) is 4.71. The average Bonchev–Trinajstić information content (AvgIpc) is 2.17. The summed E-state index contributed by atoms with van der Waals surface area (Å²) in [5.41, 5.74) is 6.06. The van der Waals surface area contributed by atoms with Gasteiger partial charge in [0.25, 0.3) is 0 Å². The molecule has 0 saturated heterocycles. The highest BCUT2D eigenvalue weighted by Gasteiger charge is 2.09. The quantitative estimate of drug-likeness (QED) is 0.843. The Hall–Kier alpha value is -1.13. The molecule has 15 heavy (non-hydrogen) atoms. The largest absolute Gasteiger partial charge is 0.330 e. The van der Waals surface area contributed by atoms with Crippen LogP contribution in [0.2, 0.25) is 0 Å². The molecule has 2 N–H and O–H groups in total. The van der Waals surface area contributed by atoms with E-state index in [-0.39, 0.29) is 0 Å². The van der Waals surface area contributed by atoms with Crippen molar-refractivity contribution in [2.75, 3.05) is 12.8 Å². The van der Waals surface area contributed by atoms with Gasteiger partial charge in [0.05, 0.1) is 4.90 Å². The Balaban J connectivity index is 3.08. The number of hydrogen-bond acceptors (Lipinski definition) is 3. The average molecular weight is 225 g/mol. The van der Waals surface area contributed by atoms with Gasteiger partial charge in [0.1, 0.15) is 0 Å². The van der Waals surface area contributed by atoms with E-state index in [4.69, 9.17) is 5.73 Å². The monoisotopic (exact) mass is 225 g/mol. The molecule has 1 aromatic rings. The minimum Gasteiger partial charge on any atom is -0.330 e. The molecule has 0 bridgehead atoms. The minimum atomic E-state index is -3.15. The van der Waals surface area contributed by atoms with E-state index in [1.165, 1.54) is 6.26 Å². The van der Waals surface area contributed by atoms with Crippen LogP contribution in [0.25, 0.3) is 6.08 Å². The van der Waals surface area contributed by atoms with E-state index in [0.717, 1.165) is 6.42 Å². The SMILES string of the molecule is CS(=O)(=O)c1ccccc1C=CCCN. The minimum absolute atomic E-state index is 0.360. The van der Waals surface area contributed by atoms with Gasteiger partial charge >= 0.3 is 0 Å². The van der Waals surface area contributed by atoms with Gasteiger partial charge in [0, 0.05) is 6.26 Å². The molecule has 82 valence electrons. The van der Waals surface area contributed by atoms with Crippen LogP contribution in [0.4, 0.5) is 0 Å². The van der Waals surface area contributed by atoms with E-state index in [2.05, 4.69) is 0 Å². The molecule has 0 aliphatic rings. The van der Waals surface area contributed by atoms with Gasteiger partial charge in [0.15, 0.2) is 9.84 Å². The number of hydrogen-bond donors (Lipinski definition) is 1. The lowest BCUT2D eigenvalue weighted by Gasteiger charge is -2.02. The fourth-order valence-corrected chi connectivity index (χ4v) is 2.15. The maximum atomic E-state index is 11.4. The van der Waals surface area contributed by atoms with Gasteiger partial charge in [-0.25, -0.2) is 8.42 Å². The zero-order valence-corrected chi connectivity index (χ0v) is 9.50. The number of nitrogens with two attached hydrogens (primary N) is 1. The van der Waals surface area contributed by atoms with Crippen LogP contribution in [0.3, 0.4) is 0 Å². The summed E-state index contributed by atoms with van der Waals surface area (Å²) < 4.78 is 22.9. The van der Waals surface area contributed by atoms with Gasteiger partial charge < -0.3 is 5.73 Å². The summed E-state index contributed by atoms with van der Waals surface area (Å²) >= 11 is 0. The maximum absolute atomic E-state index is 11.4. The predicted octanol–water partition coefficient (Wildman–Crippen LogP) is 1.45. The first-order chi connectivity index (χ1) is 7.05. The van der Waals surface area contributed by atoms with Gasteiger partial charge in [0.2, 0.25) is 0 Å². The number of benzene rings is 1. The van der Waals surface area contributed by atoms with Crippen molar-refractivity contribution in [3.05, 3.63) is 35.9 Å². The Morgan fingerprint density at radius 1 is 1.33 bits per heavy atom. The standard InChI is InChI=1S/C11H15NO2S/c1-15(13,14)11-8-3-2-6-10(11)7-4-5-9-12/h2-4,6-8H,5,9,12H2,1H3. The highest BCUT2D eigenvalue weighted by Crippen LogP contribution is 2.16. The van der Waals surface area contributed by atoms with Crippen molar-refractivity contribution in [3.63, 3.8) is 0 Å². The Kier molecular flexibility index (Phi) is 4.05. The lowest BCUT2D eigenvalue weighted by Crippen LogP contribution is -1.99. The number of sulfone groups is 1. The highest BCUT2D eigenvalue weighted by atomic mass is 32.2. The summed E-state index contributed by atoms with van der Waals surface area (Å²) in [5.74, 6) is 0. The van der Waals surface area contributed by atoms with Crippen molar-refractivity contribution < 1.29 is 8.42 Å². The summed E-state index contributed by atoms with van der Waals surface area (Å²) in [4.78, 5) is 0.360. The van der Waals surface area contributed by atoms with Crippen molar-refractivity contribution in [2.24, 2.45) is 5.73 Å². The van der Waals surface area contributed by atoms with E-state index < -0.39 is 9.84 Å². The highest BCUT2D eigenvalue weighted by molar-refractivity contribution is 7.90. The molecule has 0 unspecified atom stereocenters. The number of rotatable bonds is 4. The zero-order chi connectivity index (χ0) is 11.3. The van der Waals surface area contributed by atoms with Gasteiger partial charge in [-0.3, -0.25) is 0 Å². The molecular formula is C11H15NO2S. The Morgan fingerprint density at radius 2 is 2.00 bits per heavy atom. The molecule has 0 atom stereocenters. The third-order valence-corrected chi connectivity index (χ3v) is 3.12. The zero-order valence-electron chi connectivity index (χ0n) is 8.68. The molecule has 0 heterocycles. The first-order valence-corrected chi connectivity index (χ1v) is 6.60. The van der Waals surface area contributed by atoms with E-state index >= 15 is 0 Å². The van der Waals surface area contributed by atoms with Gasteiger partial charge in [-0.2, -0.15) is 0 Å². The van der Waals surface area contributed by atoms with Crippen LogP contribution in [0.1, 0.15) is 12.0 Å². The molecule has 0 fully saturated rings. The van der Waals surface area contributed by atoms with Crippen molar-refractivity contribution in [1.82, 2.24) is 0 Å². The third-order valence-electron chi connectivity index (χ3n) is 1.95. The van der Waals surface area contributed by atoms with E-state index in [9.17, 15) is 8.42 Å². The third kappa shape index (κ3) is 3.49. The molecule has 3 nitrogen and oxygen atoms in total. The van der Waals surface area contributed by atoms with Gasteiger partial charge in [-0.15, -0.1) is 0 Å². The summed E-state index contributed by atoms with van der Waals surface area (Å²) in [5, 5.41) is 0. The van der Waals surface area contributed by atoms with Crippen LogP contribution in [0.15, 0.2) is 35.2 Å². The summed E-state index contributed by atoms with van der Waals surface area (Å²) in [6, 6.07) is 6.92. The van der Waals surface area contributed by atoms with Crippen LogP contribution in [-0.2, 0) is 9.84 Å². The predicted molar refractivity (Wildman–Crippen MR) is 62.3 cm³/mol. The molecule has 0 aliphatic heterocycles. The maximum Gasteiger partial charge on any atom is 0.176 e. The van der Waals surface area contributed by atoms with Crippen LogP contribution < -0.4 is 5.73 Å². The topological polar surface area (TPSA) is 60.2 Å². The van der Waals surface area contributed by atoms with Crippen LogP contribution in [-0.4, -0.2) is 21.2 Å². The molecule has 0 saturated carbocycles. The van der Waals surface area contributed by atoms with E-state index in [0.29, 0.717) is 17.0 Å². The molecule has 4 heteroatoms. The fraction of sp³-hybridized carbons (Fsp3) is 0.273. The van der Waals surface area contributed by atoms with Crippen molar-refractivity contribution >= 4 is 15.9 Å². The second-order valence-electron chi connectivity index (χ2n) is 3.29. The Labute approximate surface area is 90.5 Å². The van der Waals surface area contributed by atoms with Crippen molar-refractivity contribution in [3.8, 4) is 0 Å². The molecule has 0 aromatic heterocycles. The molecule has 0 amide bonds. The van der Waals surface area contributed by atoms with Crippen molar-refractivity contribution in [1.29, 1.82) is 0 Å². The molecule has 0 aliphatic carbocycles. The lowest BCUT2D eigenvalue weighted by atomic mass is 10.2. The second-order valence-corrected chi connectivity index (χ2v) is 5.27. The molecule has 1 rings (SSSR count). The van der Waals surface area contributed by atoms with E-state index in [1.807, 2.05) is 12.1 Å². The molecular weight excluding hydrogens is 210 g/mol. The molecule has 0 spiro atoms. The van der Waals surface area contributed by atoms with Crippen LogP contribution in [0.5, 0.6) is 0 Å². The Bertz CT molecular complexity index is 449. The summed E-state index contributed by atoms with van der Waals surface area (Å²) in [7, 11) is -3.15.